The summed E-state index contributed by atoms with van der Waals surface area (Å²) in [7, 11) is 0. The van der Waals surface area contributed by atoms with E-state index in [1.54, 1.807) is 13.8 Å². The molecule has 1 aliphatic rings. The molecule has 0 aromatic carbocycles. The Labute approximate surface area is 168 Å². The summed E-state index contributed by atoms with van der Waals surface area (Å²) in [5, 5.41) is 9.89. The van der Waals surface area contributed by atoms with Crippen LogP contribution in [-0.2, 0) is 4.74 Å². The van der Waals surface area contributed by atoms with E-state index in [9.17, 15) is 14.9 Å². The van der Waals surface area contributed by atoms with Crippen molar-refractivity contribution in [2.45, 2.75) is 51.6 Å². The second-order valence-electron chi connectivity index (χ2n) is 6.90. The van der Waals surface area contributed by atoms with Crippen molar-refractivity contribution in [1.29, 1.82) is 5.26 Å². The fraction of sp³-hybridized carbons (Fsp3) is 0.429. The summed E-state index contributed by atoms with van der Waals surface area (Å²) in [4.78, 5) is 29.1. The number of thioether (sulfide) groups is 1. The SMILES string of the molecule is CCOC(=O)c1cc(C#N)c(SCC(=O)c2cc(C)n(C3CC3)c2C)nc1C. The molecule has 0 N–H and O–H groups in total. The Morgan fingerprint density at radius 2 is 2.00 bits per heavy atom. The maximum atomic E-state index is 12.8. The molecule has 1 fully saturated rings. The molecule has 1 aliphatic carbocycles. The van der Waals surface area contributed by atoms with Crippen molar-refractivity contribution in [3.8, 4) is 6.07 Å². The average molecular weight is 398 g/mol. The maximum absolute atomic E-state index is 12.8. The third kappa shape index (κ3) is 3.97. The molecule has 0 amide bonds. The van der Waals surface area contributed by atoms with Gasteiger partial charge in [0, 0.05) is 23.0 Å². The minimum atomic E-state index is -0.496. The highest BCUT2D eigenvalue weighted by Crippen LogP contribution is 2.38. The highest BCUT2D eigenvalue weighted by atomic mass is 32.2. The van der Waals surface area contributed by atoms with E-state index in [1.165, 1.54) is 30.7 Å². The summed E-state index contributed by atoms with van der Waals surface area (Å²) in [5.41, 5.74) is 3.89. The fourth-order valence-electron chi connectivity index (χ4n) is 3.35. The number of rotatable bonds is 7. The van der Waals surface area contributed by atoms with Crippen molar-refractivity contribution in [1.82, 2.24) is 9.55 Å². The van der Waals surface area contributed by atoms with Crippen LogP contribution in [0.3, 0.4) is 0 Å². The Bertz CT molecular complexity index is 984. The van der Waals surface area contributed by atoms with E-state index >= 15 is 0 Å². The molecule has 7 heteroatoms. The summed E-state index contributed by atoms with van der Waals surface area (Å²) in [5.74, 6) is -0.290. The lowest BCUT2D eigenvalue weighted by Crippen LogP contribution is -2.10. The zero-order valence-electron chi connectivity index (χ0n) is 16.5. The van der Waals surface area contributed by atoms with E-state index in [2.05, 4.69) is 15.6 Å². The maximum Gasteiger partial charge on any atom is 0.340 e. The van der Waals surface area contributed by atoms with Crippen LogP contribution in [0.2, 0.25) is 0 Å². The predicted octanol–water partition coefficient (Wildman–Crippen LogP) is 4.17. The van der Waals surface area contributed by atoms with Gasteiger partial charge in [-0.3, -0.25) is 4.79 Å². The molecule has 146 valence electrons. The van der Waals surface area contributed by atoms with Gasteiger partial charge >= 0.3 is 5.97 Å². The lowest BCUT2D eigenvalue weighted by Gasteiger charge is -2.09. The minimum Gasteiger partial charge on any atom is -0.462 e. The molecule has 6 nitrogen and oxygen atoms in total. The molecular weight excluding hydrogens is 374 g/mol. The average Bonchev–Trinajstić information content (AvgIpc) is 3.44. The number of nitriles is 1. The van der Waals surface area contributed by atoms with Gasteiger partial charge in [0.2, 0.25) is 0 Å². The van der Waals surface area contributed by atoms with Gasteiger partial charge in [0.25, 0.3) is 0 Å². The molecule has 1 saturated carbocycles. The molecule has 2 aromatic rings. The largest absolute Gasteiger partial charge is 0.462 e. The second-order valence-corrected chi connectivity index (χ2v) is 7.87. The number of carbonyl (C=O) groups excluding carboxylic acids is 2. The molecule has 0 radical (unpaired) electrons. The van der Waals surface area contributed by atoms with Gasteiger partial charge in [-0.2, -0.15) is 5.26 Å². The molecule has 0 bridgehead atoms. The van der Waals surface area contributed by atoms with E-state index in [0.29, 0.717) is 16.8 Å². The van der Waals surface area contributed by atoms with Crippen LogP contribution in [0.25, 0.3) is 0 Å². The van der Waals surface area contributed by atoms with Gasteiger partial charge in [-0.25, -0.2) is 9.78 Å². The number of pyridine rings is 1. The monoisotopic (exact) mass is 397 g/mol. The van der Waals surface area contributed by atoms with Crippen LogP contribution in [0.1, 0.15) is 69.2 Å². The van der Waals surface area contributed by atoms with E-state index in [0.717, 1.165) is 17.0 Å². The van der Waals surface area contributed by atoms with Gasteiger partial charge in [0.1, 0.15) is 11.1 Å². The first-order valence-electron chi connectivity index (χ1n) is 9.30. The smallest absolute Gasteiger partial charge is 0.340 e. The zero-order chi connectivity index (χ0) is 20.4. The van der Waals surface area contributed by atoms with E-state index in [1.807, 2.05) is 19.9 Å². The van der Waals surface area contributed by atoms with E-state index < -0.39 is 5.97 Å². The van der Waals surface area contributed by atoms with Crippen molar-refractivity contribution < 1.29 is 14.3 Å². The standard InChI is InChI=1S/C21H23N3O3S/c1-5-27-21(26)17-9-15(10-22)20(23-13(17)3)28-11-19(25)18-8-12(2)24(14(18)4)16-6-7-16/h8-9,16H,5-7,11H2,1-4H3. The molecule has 28 heavy (non-hydrogen) atoms. The fourth-order valence-corrected chi connectivity index (χ4v) is 4.24. The Kier molecular flexibility index (Phi) is 5.90. The molecule has 2 heterocycles. The van der Waals surface area contributed by atoms with E-state index in [-0.39, 0.29) is 29.3 Å². The molecule has 0 spiro atoms. The number of aryl methyl sites for hydroxylation is 2. The van der Waals surface area contributed by atoms with Gasteiger partial charge in [0.15, 0.2) is 5.78 Å². The minimum absolute atomic E-state index is 0.0165. The number of nitrogens with zero attached hydrogens (tertiary/aromatic N) is 3. The molecule has 2 aromatic heterocycles. The van der Waals surface area contributed by atoms with Gasteiger partial charge in [0.05, 0.1) is 29.2 Å². The third-order valence-corrected chi connectivity index (χ3v) is 5.82. The lowest BCUT2D eigenvalue weighted by molar-refractivity contribution is 0.0524. The summed E-state index contributed by atoms with van der Waals surface area (Å²) in [6.07, 6.45) is 2.33. The highest BCUT2D eigenvalue weighted by Gasteiger charge is 2.28. The first-order valence-corrected chi connectivity index (χ1v) is 10.3. The summed E-state index contributed by atoms with van der Waals surface area (Å²) in [6, 6.07) is 6.03. The number of ether oxygens (including phenoxy) is 1. The second kappa shape index (κ2) is 8.19. The van der Waals surface area contributed by atoms with Crippen LogP contribution in [0.5, 0.6) is 0 Å². The molecule has 0 unspecified atom stereocenters. The first kappa shape index (κ1) is 20.2. The number of aromatic nitrogens is 2. The van der Waals surface area contributed by atoms with Crippen molar-refractivity contribution in [3.05, 3.63) is 45.9 Å². The summed E-state index contributed by atoms with van der Waals surface area (Å²) in [6.45, 7) is 7.69. The Morgan fingerprint density at radius 1 is 1.29 bits per heavy atom. The van der Waals surface area contributed by atoms with Crippen LogP contribution < -0.4 is 0 Å². The molecule has 0 atom stereocenters. The topological polar surface area (TPSA) is 85.0 Å². The molecular formula is C21H23N3O3S. The number of esters is 1. The number of hydrogen-bond acceptors (Lipinski definition) is 6. The van der Waals surface area contributed by atoms with Crippen LogP contribution in [0.4, 0.5) is 0 Å². The summed E-state index contributed by atoms with van der Waals surface area (Å²) < 4.78 is 7.25. The molecule has 3 rings (SSSR count). The quantitative estimate of drug-likeness (QED) is 0.396. The van der Waals surface area contributed by atoms with Gasteiger partial charge in [-0.1, -0.05) is 11.8 Å². The van der Waals surface area contributed by atoms with Crippen LogP contribution >= 0.6 is 11.8 Å². The van der Waals surface area contributed by atoms with Crippen molar-refractivity contribution in [2.75, 3.05) is 12.4 Å². The van der Waals surface area contributed by atoms with Gasteiger partial charge in [-0.05, 0) is 52.7 Å². The van der Waals surface area contributed by atoms with Crippen LogP contribution in [-0.4, -0.2) is 33.7 Å². The van der Waals surface area contributed by atoms with Gasteiger partial charge < -0.3 is 9.30 Å². The van der Waals surface area contributed by atoms with Crippen molar-refractivity contribution in [3.63, 3.8) is 0 Å². The predicted molar refractivity (Wildman–Crippen MR) is 107 cm³/mol. The lowest BCUT2D eigenvalue weighted by atomic mass is 10.1. The number of ketones is 1. The van der Waals surface area contributed by atoms with E-state index in [4.69, 9.17) is 4.74 Å². The molecule has 0 aliphatic heterocycles. The summed E-state index contributed by atoms with van der Waals surface area (Å²) >= 11 is 1.23. The highest BCUT2D eigenvalue weighted by molar-refractivity contribution is 8.00. The van der Waals surface area contributed by atoms with Gasteiger partial charge in [-0.15, -0.1) is 0 Å². The number of hydrogen-bond donors (Lipinski definition) is 0. The van der Waals surface area contributed by atoms with Crippen LogP contribution in [0, 0.1) is 32.1 Å². The number of carbonyl (C=O) groups is 2. The zero-order valence-corrected chi connectivity index (χ0v) is 17.4. The normalized spacial score (nSPS) is 13.2. The number of Topliss-reactive ketones (excluding diaryl/α,β-unsaturated/α-hetero) is 1. The van der Waals surface area contributed by atoms with Crippen molar-refractivity contribution in [2.24, 2.45) is 0 Å². The Morgan fingerprint density at radius 3 is 2.61 bits per heavy atom. The Balaban J connectivity index is 1.78. The third-order valence-electron chi connectivity index (χ3n) is 4.83. The first-order chi connectivity index (χ1) is 13.4. The van der Waals surface area contributed by atoms with Crippen LogP contribution in [0.15, 0.2) is 17.2 Å². The molecule has 0 saturated heterocycles. The Hall–Kier alpha value is -2.59. The van der Waals surface area contributed by atoms with Crippen molar-refractivity contribution >= 4 is 23.5 Å².